The van der Waals surface area contributed by atoms with Crippen LogP contribution in [-0.2, 0) is 14.3 Å². The molecule has 2 fully saturated rings. The monoisotopic (exact) mass is 474 g/mol. The van der Waals surface area contributed by atoms with Crippen molar-refractivity contribution in [1.29, 1.82) is 0 Å². The van der Waals surface area contributed by atoms with Gasteiger partial charge in [0.2, 0.25) is 0 Å². The first-order chi connectivity index (χ1) is 15.2. The van der Waals surface area contributed by atoms with Crippen LogP contribution in [-0.4, -0.2) is 61.9 Å². The van der Waals surface area contributed by atoms with Crippen LogP contribution in [0.4, 0.5) is 19.2 Å². The number of nitrogens with one attached hydrogen (secondary N) is 2. The van der Waals surface area contributed by atoms with Crippen LogP contribution in [0.2, 0.25) is 5.02 Å². The number of oxazole rings is 1. The molecule has 2 N–H and O–H groups in total. The maximum atomic E-state index is 12.6. The zero-order valence-corrected chi connectivity index (χ0v) is 17.7. The number of aromatic nitrogens is 1. The van der Waals surface area contributed by atoms with E-state index in [0.717, 1.165) is 12.8 Å². The molecule has 2 saturated heterocycles. The summed E-state index contributed by atoms with van der Waals surface area (Å²) in [5.41, 5.74) is 1.32. The highest BCUT2D eigenvalue weighted by molar-refractivity contribution is 6.31. The van der Waals surface area contributed by atoms with E-state index in [1.54, 1.807) is 18.2 Å². The van der Waals surface area contributed by atoms with Crippen LogP contribution >= 0.6 is 11.6 Å². The van der Waals surface area contributed by atoms with Gasteiger partial charge in [0.1, 0.15) is 5.52 Å². The van der Waals surface area contributed by atoms with Gasteiger partial charge in [0.15, 0.2) is 11.7 Å². The minimum atomic E-state index is -5.14. The van der Waals surface area contributed by atoms with Crippen molar-refractivity contribution in [2.24, 2.45) is 11.8 Å². The predicted molar refractivity (Wildman–Crippen MR) is 109 cm³/mol. The standard InChI is InChI=1S/C20H22ClF3N4O4/c21-13-1-2-15-14(7-13)27-19(31-15)28-5-3-11(4-6-28)8-26-17(29)16(12-9-25-10-12)32-18(30)20(22,23)24/h1-2,7,11-12,16,25H,3-6,8-10H2,(H,26,29). The first-order valence-corrected chi connectivity index (χ1v) is 10.7. The number of benzene rings is 1. The highest BCUT2D eigenvalue weighted by atomic mass is 35.5. The largest absolute Gasteiger partial charge is 0.490 e. The van der Waals surface area contributed by atoms with E-state index < -0.39 is 30.1 Å². The number of amides is 1. The number of hydrogen-bond acceptors (Lipinski definition) is 7. The van der Waals surface area contributed by atoms with Gasteiger partial charge in [-0.1, -0.05) is 11.6 Å². The Labute approximate surface area is 186 Å². The van der Waals surface area contributed by atoms with Crippen molar-refractivity contribution in [3.8, 4) is 0 Å². The molecule has 1 atom stereocenters. The molecule has 0 bridgehead atoms. The molecule has 1 amide bonds. The Balaban J connectivity index is 1.28. The third kappa shape index (κ3) is 5.09. The Bertz CT molecular complexity index is 987. The molecule has 32 heavy (non-hydrogen) atoms. The lowest BCUT2D eigenvalue weighted by molar-refractivity contribution is -0.208. The van der Waals surface area contributed by atoms with E-state index in [9.17, 15) is 22.8 Å². The van der Waals surface area contributed by atoms with Crippen molar-refractivity contribution in [2.75, 3.05) is 37.6 Å². The Morgan fingerprint density at radius 2 is 2.03 bits per heavy atom. The number of fused-ring (bicyclic) bond motifs is 1. The Morgan fingerprint density at radius 1 is 1.31 bits per heavy atom. The van der Waals surface area contributed by atoms with Gasteiger partial charge in [-0.2, -0.15) is 18.2 Å². The lowest BCUT2D eigenvalue weighted by atomic mass is 9.94. The fourth-order valence-corrected chi connectivity index (χ4v) is 3.93. The predicted octanol–water partition coefficient (Wildman–Crippen LogP) is 2.51. The molecule has 2 aromatic rings. The average Bonchev–Trinajstić information content (AvgIpc) is 3.13. The van der Waals surface area contributed by atoms with Gasteiger partial charge in [0, 0.05) is 43.7 Å². The van der Waals surface area contributed by atoms with Crippen LogP contribution in [0.15, 0.2) is 22.6 Å². The summed E-state index contributed by atoms with van der Waals surface area (Å²) in [6.45, 7) is 2.23. The SMILES string of the molecule is O=C(NCC1CCN(c2nc3cc(Cl)ccc3o2)CC1)C(OC(=O)C(F)(F)F)C1CNC1. The van der Waals surface area contributed by atoms with Gasteiger partial charge in [-0.3, -0.25) is 4.79 Å². The van der Waals surface area contributed by atoms with E-state index >= 15 is 0 Å². The fraction of sp³-hybridized carbons (Fsp3) is 0.550. The van der Waals surface area contributed by atoms with Gasteiger partial charge in [-0.25, -0.2) is 4.79 Å². The second kappa shape index (κ2) is 9.14. The van der Waals surface area contributed by atoms with Gasteiger partial charge in [0.05, 0.1) is 0 Å². The third-order valence-electron chi connectivity index (χ3n) is 5.75. The van der Waals surface area contributed by atoms with Crippen molar-refractivity contribution >= 4 is 40.6 Å². The van der Waals surface area contributed by atoms with Gasteiger partial charge in [0.25, 0.3) is 11.9 Å². The number of nitrogens with zero attached hydrogens (tertiary/aromatic N) is 2. The highest BCUT2D eigenvalue weighted by Crippen LogP contribution is 2.28. The van der Waals surface area contributed by atoms with Gasteiger partial charge in [-0.15, -0.1) is 0 Å². The molecule has 1 unspecified atom stereocenters. The summed E-state index contributed by atoms with van der Waals surface area (Å²) in [7, 11) is 0. The van der Waals surface area contributed by atoms with Crippen LogP contribution < -0.4 is 15.5 Å². The Morgan fingerprint density at radius 3 is 2.66 bits per heavy atom. The fourth-order valence-electron chi connectivity index (χ4n) is 3.77. The molecule has 3 heterocycles. The summed E-state index contributed by atoms with van der Waals surface area (Å²) in [6, 6.07) is 5.72. The van der Waals surface area contributed by atoms with E-state index in [1.165, 1.54) is 0 Å². The van der Waals surface area contributed by atoms with E-state index in [2.05, 4.69) is 20.4 Å². The number of alkyl halides is 3. The topological polar surface area (TPSA) is 96.7 Å². The zero-order chi connectivity index (χ0) is 22.9. The van der Waals surface area contributed by atoms with Crippen LogP contribution in [0, 0.1) is 11.8 Å². The van der Waals surface area contributed by atoms with Crippen molar-refractivity contribution in [3.63, 3.8) is 0 Å². The first-order valence-electron chi connectivity index (χ1n) is 10.3. The average molecular weight is 475 g/mol. The molecular weight excluding hydrogens is 453 g/mol. The van der Waals surface area contributed by atoms with Crippen molar-refractivity contribution in [2.45, 2.75) is 25.1 Å². The second-order valence-electron chi connectivity index (χ2n) is 8.03. The summed E-state index contributed by atoms with van der Waals surface area (Å²) in [5.74, 6) is -3.40. The molecule has 1 aromatic carbocycles. The summed E-state index contributed by atoms with van der Waals surface area (Å²) in [5, 5.41) is 6.10. The van der Waals surface area contributed by atoms with Gasteiger partial charge >= 0.3 is 12.1 Å². The molecule has 0 radical (unpaired) electrons. The van der Waals surface area contributed by atoms with Crippen molar-refractivity contribution < 1.29 is 31.9 Å². The van der Waals surface area contributed by atoms with E-state index in [0.29, 0.717) is 48.3 Å². The molecule has 2 aliphatic rings. The third-order valence-corrected chi connectivity index (χ3v) is 5.99. The number of rotatable bonds is 6. The maximum Gasteiger partial charge on any atom is 0.490 e. The zero-order valence-electron chi connectivity index (χ0n) is 17.0. The minimum absolute atomic E-state index is 0.132. The van der Waals surface area contributed by atoms with Gasteiger partial charge < -0.3 is 24.7 Å². The molecule has 2 aliphatic heterocycles. The number of hydrogen-bond donors (Lipinski definition) is 2. The first kappa shape index (κ1) is 22.7. The van der Waals surface area contributed by atoms with Crippen LogP contribution in [0.1, 0.15) is 12.8 Å². The molecule has 0 aliphatic carbocycles. The quantitative estimate of drug-likeness (QED) is 0.621. The van der Waals surface area contributed by atoms with Crippen LogP contribution in [0.3, 0.4) is 0 Å². The molecular formula is C20H22ClF3N4O4. The number of carbonyl (C=O) groups excluding carboxylic acids is 2. The van der Waals surface area contributed by atoms with Gasteiger partial charge in [-0.05, 0) is 37.0 Å². The van der Waals surface area contributed by atoms with Crippen molar-refractivity contribution in [3.05, 3.63) is 23.2 Å². The summed E-state index contributed by atoms with van der Waals surface area (Å²) in [6.07, 6.45) is -5.13. The molecule has 0 saturated carbocycles. The smallest absolute Gasteiger partial charge is 0.445 e. The second-order valence-corrected chi connectivity index (χ2v) is 8.46. The number of anilines is 1. The molecule has 8 nitrogen and oxygen atoms in total. The normalized spacial score (nSPS) is 18.9. The number of esters is 1. The number of piperidine rings is 1. The summed E-state index contributed by atoms with van der Waals surface area (Å²) >= 11 is 5.98. The maximum absolute atomic E-state index is 12.6. The summed E-state index contributed by atoms with van der Waals surface area (Å²) in [4.78, 5) is 30.1. The molecule has 4 rings (SSSR count). The lowest BCUT2D eigenvalue weighted by Crippen LogP contribution is -2.56. The van der Waals surface area contributed by atoms with Crippen LogP contribution in [0.25, 0.3) is 11.1 Å². The van der Waals surface area contributed by atoms with Crippen molar-refractivity contribution in [1.82, 2.24) is 15.6 Å². The molecule has 1 aromatic heterocycles. The van der Waals surface area contributed by atoms with Crippen LogP contribution in [0.5, 0.6) is 0 Å². The molecule has 0 spiro atoms. The lowest BCUT2D eigenvalue weighted by Gasteiger charge is -2.34. The Kier molecular flexibility index (Phi) is 6.47. The van der Waals surface area contributed by atoms with E-state index in [-0.39, 0.29) is 12.5 Å². The van der Waals surface area contributed by atoms with E-state index in [1.807, 2.05) is 4.90 Å². The van der Waals surface area contributed by atoms with E-state index in [4.69, 9.17) is 16.0 Å². The number of ether oxygens (including phenoxy) is 1. The minimum Gasteiger partial charge on any atom is -0.445 e. The Hall–Kier alpha value is -2.53. The highest BCUT2D eigenvalue weighted by Gasteiger charge is 2.46. The number of carbonyl (C=O) groups is 2. The number of halogens is 4. The molecule has 12 heteroatoms. The summed E-state index contributed by atoms with van der Waals surface area (Å²) < 4.78 is 47.9. The molecule has 174 valence electrons.